The molecule has 1 aromatic heterocycles. The van der Waals surface area contributed by atoms with Crippen LogP contribution < -0.4 is 5.56 Å². The first-order chi connectivity index (χ1) is 10.1. The van der Waals surface area contributed by atoms with Crippen LogP contribution in [0.3, 0.4) is 0 Å². The van der Waals surface area contributed by atoms with Gasteiger partial charge in [0.15, 0.2) is 4.77 Å². The van der Waals surface area contributed by atoms with Crippen LogP contribution in [0, 0.1) is 4.77 Å². The second kappa shape index (κ2) is 4.39. The summed E-state index contributed by atoms with van der Waals surface area (Å²) in [7, 11) is 2.12. The lowest BCUT2D eigenvalue weighted by Crippen LogP contribution is -2.48. The van der Waals surface area contributed by atoms with Crippen LogP contribution >= 0.6 is 12.2 Å². The predicted octanol–water partition coefficient (Wildman–Crippen LogP) is 2.26. The third-order valence-corrected chi connectivity index (χ3v) is 5.26. The van der Waals surface area contributed by atoms with E-state index in [2.05, 4.69) is 46.2 Å². The number of fused-ring (bicyclic) bond motifs is 3. The maximum atomic E-state index is 12.1. The highest BCUT2D eigenvalue weighted by Gasteiger charge is 2.45. The molecule has 1 aliphatic carbocycles. The smallest absolute Gasteiger partial charge is 0.256 e. The first-order valence-corrected chi connectivity index (χ1v) is 7.65. The number of hydrogen-bond acceptors (Lipinski definition) is 3. The topological polar surface area (TPSA) is 51.9 Å². The van der Waals surface area contributed by atoms with Crippen molar-refractivity contribution in [1.29, 1.82) is 0 Å². The molecule has 0 fully saturated rings. The molecule has 0 amide bonds. The van der Waals surface area contributed by atoms with Gasteiger partial charge in [0.05, 0.1) is 11.1 Å². The highest BCUT2D eigenvalue weighted by Crippen LogP contribution is 2.45. The first kappa shape index (κ1) is 13.0. The minimum atomic E-state index is -0.0540. The van der Waals surface area contributed by atoms with Crippen LogP contribution in [0.15, 0.2) is 29.1 Å². The van der Waals surface area contributed by atoms with Gasteiger partial charge in [-0.1, -0.05) is 24.3 Å². The monoisotopic (exact) mass is 299 g/mol. The minimum Gasteiger partial charge on any atom is -0.335 e. The lowest BCUT2D eigenvalue weighted by Gasteiger charge is -2.43. The zero-order chi connectivity index (χ0) is 14.6. The number of H-pyrrole nitrogens is 2. The Morgan fingerprint density at radius 3 is 2.95 bits per heavy atom. The molecular weight excluding hydrogens is 282 g/mol. The number of rotatable bonds is 0. The van der Waals surface area contributed by atoms with Crippen molar-refractivity contribution in [2.24, 2.45) is 0 Å². The van der Waals surface area contributed by atoms with Crippen LogP contribution in [-0.2, 0) is 24.9 Å². The van der Waals surface area contributed by atoms with E-state index in [-0.39, 0.29) is 11.1 Å². The molecule has 1 unspecified atom stereocenters. The van der Waals surface area contributed by atoms with Crippen LogP contribution in [0.2, 0.25) is 0 Å². The summed E-state index contributed by atoms with van der Waals surface area (Å²) < 4.78 is 0.421. The highest BCUT2D eigenvalue weighted by atomic mass is 32.1. The lowest BCUT2D eigenvalue weighted by molar-refractivity contribution is 0.0922. The van der Waals surface area contributed by atoms with Gasteiger partial charge in [-0.3, -0.25) is 14.7 Å². The normalized spacial score (nSPS) is 24.0. The van der Waals surface area contributed by atoms with Crippen molar-refractivity contribution in [1.82, 2.24) is 14.9 Å². The molecule has 1 spiro atoms. The molecule has 0 saturated heterocycles. The molecule has 0 radical (unpaired) electrons. The summed E-state index contributed by atoms with van der Waals surface area (Å²) >= 11 is 5.13. The molecule has 0 saturated carbocycles. The van der Waals surface area contributed by atoms with Crippen molar-refractivity contribution in [3.05, 3.63) is 61.8 Å². The molecule has 1 aromatic carbocycles. The molecule has 4 rings (SSSR count). The zero-order valence-electron chi connectivity index (χ0n) is 11.9. The summed E-state index contributed by atoms with van der Waals surface area (Å²) in [6, 6.07) is 8.65. The van der Waals surface area contributed by atoms with E-state index >= 15 is 0 Å². The van der Waals surface area contributed by atoms with Gasteiger partial charge in [-0.25, -0.2) is 0 Å². The van der Waals surface area contributed by atoms with E-state index in [0.717, 1.165) is 30.5 Å². The molecule has 2 aliphatic rings. The summed E-state index contributed by atoms with van der Waals surface area (Å²) in [6.07, 6.45) is 3.01. The summed E-state index contributed by atoms with van der Waals surface area (Å²) in [5, 5.41) is 0. The minimum absolute atomic E-state index is 0.00431. The number of likely N-dealkylation sites (N-methyl/N-ethyl adjacent to an activating group) is 1. The van der Waals surface area contributed by atoms with Crippen molar-refractivity contribution in [2.75, 3.05) is 7.05 Å². The van der Waals surface area contributed by atoms with E-state index in [9.17, 15) is 4.79 Å². The Balaban J connectivity index is 1.90. The number of aryl methyl sites for hydroxylation is 1. The molecule has 4 nitrogen and oxygen atoms in total. The molecule has 2 aromatic rings. The van der Waals surface area contributed by atoms with Crippen LogP contribution in [0.5, 0.6) is 0 Å². The van der Waals surface area contributed by atoms with Crippen molar-refractivity contribution < 1.29 is 0 Å². The van der Waals surface area contributed by atoms with Gasteiger partial charge in [0.1, 0.15) is 0 Å². The Kier molecular flexibility index (Phi) is 2.71. The maximum Gasteiger partial charge on any atom is 0.256 e. The quantitative estimate of drug-likeness (QED) is 0.734. The molecule has 108 valence electrons. The Morgan fingerprint density at radius 1 is 1.29 bits per heavy atom. The molecule has 1 atom stereocenters. The Labute approximate surface area is 127 Å². The number of aromatic amines is 2. The molecule has 0 bridgehead atoms. The number of aromatic nitrogens is 2. The van der Waals surface area contributed by atoms with Crippen molar-refractivity contribution in [2.45, 2.75) is 31.3 Å². The summed E-state index contributed by atoms with van der Waals surface area (Å²) in [4.78, 5) is 20.3. The van der Waals surface area contributed by atoms with Crippen LogP contribution in [-0.4, -0.2) is 21.9 Å². The van der Waals surface area contributed by atoms with E-state index in [1.165, 1.54) is 11.1 Å². The number of hydrogen-bond donors (Lipinski definition) is 2. The van der Waals surface area contributed by atoms with E-state index < -0.39 is 0 Å². The van der Waals surface area contributed by atoms with Gasteiger partial charge >= 0.3 is 0 Å². The first-order valence-electron chi connectivity index (χ1n) is 7.24. The Bertz CT molecular complexity index is 838. The average molecular weight is 299 g/mol. The number of nitrogens with zero attached hydrogens (tertiary/aromatic N) is 1. The highest BCUT2D eigenvalue weighted by molar-refractivity contribution is 7.71. The molecular formula is C16H17N3OS. The second-order valence-electron chi connectivity index (χ2n) is 6.09. The van der Waals surface area contributed by atoms with Crippen LogP contribution in [0.4, 0.5) is 0 Å². The predicted molar refractivity (Wildman–Crippen MR) is 83.9 cm³/mol. The van der Waals surface area contributed by atoms with Crippen molar-refractivity contribution in [3.8, 4) is 0 Å². The van der Waals surface area contributed by atoms with E-state index in [1.54, 1.807) is 0 Å². The van der Waals surface area contributed by atoms with Gasteiger partial charge < -0.3 is 4.98 Å². The summed E-state index contributed by atoms with van der Waals surface area (Å²) in [5.74, 6) is 0. The third-order valence-electron chi connectivity index (χ3n) is 5.05. The molecule has 21 heavy (non-hydrogen) atoms. The molecule has 2 heterocycles. The molecule has 2 N–H and O–H groups in total. The summed E-state index contributed by atoms with van der Waals surface area (Å²) in [6.45, 7) is 0.658. The standard InChI is InChI=1S/C16H17N3OS/c1-19-9-11-13(17-15(21)18-14(11)20)8-16(19)7-6-10-4-2-3-5-12(10)16/h2-5H,6-9H2,1H3,(H2,17,18,20,21). The van der Waals surface area contributed by atoms with Crippen molar-refractivity contribution >= 4 is 12.2 Å². The Morgan fingerprint density at radius 2 is 2.10 bits per heavy atom. The summed E-state index contributed by atoms with van der Waals surface area (Å²) in [5.41, 5.74) is 4.59. The van der Waals surface area contributed by atoms with Gasteiger partial charge in [-0.05, 0) is 43.2 Å². The van der Waals surface area contributed by atoms with Gasteiger partial charge in [-0.2, -0.15) is 0 Å². The Hall–Kier alpha value is -1.72. The second-order valence-corrected chi connectivity index (χ2v) is 6.50. The zero-order valence-corrected chi connectivity index (χ0v) is 12.7. The fourth-order valence-corrected chi connectivity index (χ4v) is 4.16. The fourth-order valence-electron chi connectivity index (χ4n) is 3.94. The average Bonchev–Trinajstić information content (AvgIpc) is 2.82. The van der Waals surface area contributed by atoms with E-state index in [4.69, 9.17) is 12.2 Å². The van der Waals surface area contributed by atoms with Crippen LogP contribution in [0.25, 0.3) is 0 Å². The van der Waals surface area contributed by atoms with E-state index in [0.29, 0.717) is 11.3 Å². The lowest BCUT2D eigenvalue weighted by atomic mass is 9.81. The molecule has 5 heteroatoms. The number of benzene rings is 1. The van der Waals surface area contributed by atoms with Crippen LogP contribution in [0.1, 0.15) is 28.8 Å². The van der Waals surface area contributed by atoms with Gasteiger partial charge in [0.2, 0.25) is 0 Å². The number of nitrogens with one attached hydrogen (secondary N) is 2. The third kappa shape index (κ3) is 1.77. The molecule has 1 aliphatic heterocycles. The SMILES string of the molecule is CN1Cc2c([nH]c(=S)[nH]c2=O)CC12CCc1ccccc12. The fraction of sp³-hybridized carbons (Fsp3) is 0.375. The maximum absolute atomic E-state index is 12.1. The van der Waals surface area contributed by atoms with Gasteiger partial charge in [0, 0.05) is 18.7 Å². The van der Waals surface area contributed by atoms with Gasteiger partial charge in [-0.15, -0.1) is 0 Å². The van der Waals surface area contributed by atoms with E-state index in [1.807, 2.05) is 0 Å². The van der Waals surface area contributed by atoms with Gasteiger partial charge in [0.25, 0.3) is 5.56 Å². The largest absolute Gasteiger partial charge is 0.335 e. The van der Waals surface area contributed by atoms with Crippen molar-refractivity contribution in [3.63, 3.8) is 0 Å².